The maximum absolute atomic E-state index is 11.0. The highest BCUT2D eigenvalue weighted by Gasteiger charge is 2.39. The topological polar surface area (TPSA) is 75.2 Å². The van der Waals surface area contributed by atoms with Gasteiger partial charge in [0, 0.05) is 13.2 Å². The average molecular weight is 272 g/mol. The second kappa shape index (κ2) is 5.09. The summed E-state index contributed by atoms with van der Waals surface area (Å²) in [5.41, 5.74) is 0.990. The van der Waals surface area contributed by atoms with Crippen LogP contribution in [0.2, 0.25) is 0 Å². The molecule has 2 N–H and O–H groups in total. The summed E-state index contributed by atoms with van der Waals surface area (Å²) >= 11 is 0. The van der Waals surface area contributed by atoms with Gasteiger partial charge < -0.3 is 14.8 Å². The zero-order chi connectivity index (χ0) is 14.0. The highest BCUT2D eigenvalue weighted by Crippen LogP contribution is 2.39. The maximum Gasteiger partial charge on any atom is 0.353 e. The molecule has 1 aromatic heterocycles. The first-order valence-electron chi connectivity index (χ1n) is 6.64. The standard InChI is InChI=1S/C15H16N2O3/c18-13(19)12-10-16-14(17-12)15(6-8-20-9-7-15)11-4-2-1-3-5-11/h1-5,10H,6-9H2,(H,16,17)(H,18,19). The van der Waals surface area contributed by atoms with Gasteiger partial charge in [0.15, 0.2) is 0 Å². The number of hydrogen-bond acceptors (Lipinski definition) is 3. The molecule has 20 heavy (non-hydrogen) atoms. The molecule has 0 bridgehead atoms. The number of H-pyrrole nitrogens is 1. The molecule has 0 atom stereocenters. The van der Waals surface area contributed by atoms with Crippen molar-refractivity contribution in [2.24, 2.45) is 0 Å². The Labute approximate surface area is 116 Å². The van der Waals surface area contributed by atoms with E-state index in [2.05, 4.69) is 22.1 Å². The van der Waals surface area contributed by atoms with Crippen molar-refractivity contribution in [2.45, 2.75) is 18.3 Å². The molecule has 1 aromatic carbocycles. The number of carboxylic acid groups (broad SMARTS) is 1. The molecular weight excluding hydrogens is 256 g/mol. The van der Waals surface area contributed by atoms with E-state index < -0.39 is 5.97 Å². The molecule has 2 aromatic rings. The quantitative estimate of drug-likeness (QED) is 0.898. The third-order valence-corrected chi connectivity index (χ3v) is 3.93. The Morgan fingerprint density at radius 1 is 1.25 bits per heavy atom. The van der Waals surface area contributed by atoms with Crippen LogP contribution in [-0.4, -0.2) is 34.3 Å². The summed E-state index contributed by atoms with van der Waals surface area (Å²) in [6.45, 7) is 1.30. The van der Waals surface area contributed by atoms with Crippen LogP contribution in [0.4, 0.5) is 0 Å². The molecule has 0 unspecified atom stereocenters. The zero-order valence-electron chi connectivity index (χ0n) is 11.0. The smallest absolute Gasteiger partial charge is 0.353 e. The van der Waals surface area contributed by atoms with Gasteiger partial charge in [0.05, 0.1) is 11.6 Å². The van der Waals surface area contributed by atoms with E-state index in [0.29, 0.717) is 19.0 Å². The van der Waals surface area contributed by atoms with Crippen LogP contribution in [0.3, 0.4) is 0 Å². The molecule has 0 saturated carbocycles. The van der Waals surface area contributed by atoms with Crippen LogP contribution in [0.1, 0.15) is 34.7 Å². The molecule has 5 heteroatoms. The summed E-state index contributed by atoms with van der Waals surface area (Å²) in [5.74, 6) is -0.275. The predicted molar refractivity (Wildman–Crippen MR) is 72.8 cm³/mol. The highest BCUT2D eigenvalue weighted by molar-refractivity contribution is 5.85. The van der Waals surface area contributed by atoms with E-state index in [4.69, 9.17) is 9.84 Å². The van der Waals surface area contributed by atoms with Gasteiger partial charge in [-0.15, -0.1) is 0 Å². The van der Waals surface area contributed by atoms with Gasteiger partial charge in [0.25, 0.3) is 0 Å². The largest absolute Gasteiger partial charge is 0.477 e. The van der Waals surface area contributed by atoms with Crippen LogP contribution in [0.15, 0.2) is 36.5 Å². The number of hydrogen-bond donors (Lipinski definition) is 2. The summed E-state index contributed by atoms with van der Waals surface area (Å²) in [4.78, 5) is 18.3. The predicted octanol–water partition coefficient (Wildman–Crippen LogP) is 2.20. The van der Waals surface area contributed by atoms with E-state index in [9.17, 15) is 4.79 Å². The first kappa shape index (κ1) is 12.9. The Balaban J connectivity index is 2.07. The number of carbonyl (C=O) groups is 1. The lowest BCUT2D eigenvalue weighted by Gasteiger charge is -2.36. The van der Waals surface area contributed by atoms with E-state index >= 15 is 0 Å². The molecule has 3 rings (SSSR count). The van der Waals surface area contributed by atoms with Gasteiger partial charge in [-0.25, -0.2) is 9.78 Å². The van der Waals surface area contributed by atoms with Gasteiger partial charge >= 0.3 is 5.97 Å². The van der Waals surface area contributed by atoms with Gasteiger partial charge in [0.2, 0.25) is 0 Å². The van der Waals surface area contributed by atoms with Crippen LogP contribution in [0.25, 0.3) is 0 Å². The van der Waals surface area contributed by atoms with E-state index in [1.165, 1.54) is 6.20 Å². The number of aromatic nitrogens is 2. The van der Waals surface area contributed by atoms with Crippen LogP contribution < -0.4 is 0 Å². The van der Waals surface area contributed by atoms with Crippen molar-refractivity contribution in [3.05, 3.63) is 53.6 Å². The van der Waals surface area contributed by atoms with Crippen molar-refractivity contribution in [3.63, 3.8) is 0 Å². The Hall–Kier alpha value is -2.14. The van der Waals surface area contributed by atoms with E-state index in [0.717, 1.165) is 18.4 Å². The minimum Gasteiger partial charge on any atom is -0.477 e. The molecule has 0 spiro atoms. The van der Waals surface area contributed by atoms with E-state index in [1.807, 2.05) is 18.2 Å². The number of benzene rings is 1. The fraction of sp³-hybridized carbons (Fsp3) is 0.333. The van der Waals surface area contributed by atoms with Gasteiger partial charge in [-0.2, -0.15) is 0 Å². The number of imidazole rings is 1. The van der Waals surface area contributed by atoms with E-state index in [-0.39, 0.29) is 11.1 Å². The molecule has 1 fully saturated rings. The normalized spacial score (nSPS) is 17.8. The minimum absolute atomic E-state index is 0.127. The van der Waals surface area contributed by atoms with Gasteiger partial charge in [-0.1, -0.05) is 30.3 Å². The number of nitrogens with zero attached hydrogens (tertiary/aromatic N) is 1. The molecule has 0 radical (unpaired) electrons. The molecule has 2 heterocycles. The zero-order valence-corrected chi connectivity index (χ0v) is 11.0. The summed E-state index contributed by atoms with van der Waals surface area (Å²) in [6, 6.07) is 10.1. The van der Waals surface area contributed by atoms with Crippen molar-refractivity contribution >= 4 is 5.97 Å². The van der Waals surface area contributed by atoms with Crippen molar-refractivity contribution in [2.75, 3.05) is 13.2 Å². The summed E-state index contributed by atoms with van der Waals surface area (Å²) in [6.07, 6.45) is 2.98. The summed E-state index contributed by atoms with van der Waals surface area (Å²) in [5, 5.41) is 9.06. The monoisotopic (exact) mass is 272 g/mol. The minimum atomic E-state index is -0.987. The number of aromatic carboxylic acids is 1. The molecule has 1 aliphatic heterocycles. The average Bonchev–Trinajstić information content (AvgIpc) is 2.99. The lowest BCUT2D eigenvalue weighted by Crippen LogP contribution is -2.36. The molecule has 5 nitrogen and oxygen atoms in total. The highest BCUT2D eigenvalue weighted by atomic mass is 16.5. The van der Waals surface area contributed by atoms with Crippen molar-refractivity contribution in [1.82, 2.24) is 9.97 Å². The Morgan fingerprint density at radius 2 is 1.95 bits per heavy atom. The lowest BCUT2D eigenvalue weighted by atomic mass is 9.73. The lowest BCUT2D eigenvalue weighted by molar-refractivity contribution is 0.0605. The third-order valence-electron chi connectivity index (χ3n) is 3.93. The summed E-state index contributed by atoms with van der Waals surface area (Å²) < 4.78 is 5.46. The van der Waals surface area contributed by atoms with Crippen molar-refractivity contribution in [1.29, 1.82) is 0 Å². The number of carboxylic acids is 1. The fourth-order valence-corrected chi connectivity index (χ4v) is 2.81. The molecule has 1 saturated heterocycles. The number of nitrogens with one attached hydrogen (secondary N) is 1. The van der Waals surface area contributed by atoms with Crippen molar-refractivity contribution < 1.29 is 14.6 Å². The Morgan fingerprint density at radius 3 is 2.55 bits per heavy atom. The molecular formula is C15H16N2O3. The summed E-state index contributed by atoms with van der Waals surface area (Å²) in [7, 11) is 0. The van der Waals surface area contributed by atoms with Crippen molar-refractivity contribution in [3.8, 4) is 0 Å². The molecule has 104 valence electrons. The molecule has 1 aliphatic rings. The van der Waals surface area contributed by atoms with E-state index in [1.54, 1.807) is 0 Å². The van der Waals surface area contributed by atoms with Crippen LogP contribution in [0.5, 0.6) is 0 Å². The van der Waals surface area contributed by atoms with Crippen LogP contribution in [-0.2, 0) is 10.2 Å². The Kier molecular flexibility index (Phi) is 3.28. The van der Waals surface area contributed by atoms with Crippen LogP contribution in [0, 0.1) is 0 Å². The second-order valence-corrected chi connectivity index (χ2v) is 5.01. The van der Waals surface area contributed by atoms with Gasteiger partial charge in [-0.05, 0) is 18.4 Å². The molecule has 0 aliphatic carbocycles. The second-order valence-electron chi connectivity index (χ2n) is 5.01. The number of rotatable bonds is 3. The van der Waals surface area contributed by atoms with Gasteiger partial charge in [0.1, 0.15) is 11.5 Å². The molecule has 0 amide bonds. The first-order chi connectivity index (χ1) is 9.72. The Bertz CT molecular complexity index is 601. The number of aromatic amines is 1. The number of ether oxygens (including phenoxy) is 1. The van der Waals surface area contributed by atoms with Crippen LogP contribution >= 0.6 is 0 Å². The first-order valence-corrected chi connectivity index (χ1v) is 6.64. The fourth-order valence-electron chi connectivity index (χ4n) is 2.81. The third kappa shape index (κ3) is 2.10. The SMILES string of the molecule is O=C(O)c1cnc(C2(c3ccccc3)CCOCC2)[nH]1. The maximum atomic E-state index is 11.0. The van der Waals surface area contributed by atoms with Gasteiger partial charge in [-0.3, -0.25) is 0 Å².